The molecule has 7 nitrogen and oxygen atoms in total. The van der Waals surface area contributed by atoms with E-state index in [0.717, 1.165) is 49.6 Å². The van der Waals surface area contributed by atoms with Gasteiger partial charge in [0.2, 0.25) is 17.6 Å². The number of thiophene rings is 1. The van der Waals surface area contributed by atoms with Gasteiger partial charge in [0.05, 0.1) is 11.4 Å². The summed E-state index contributed by atoms with van der Waals surface area (Å²) in [5.41, 5.74) is 1.01. The maximum absolute atomic E-state index is 13.2. The van der Waals surface area contributed by atoms with Crippen LogP contribution >= 0.6 is 11.3 Å². The first-order valence-electron chi connectivity index (χ1n) is 11.0. The molecule has 5 rings (SSSR count). The lowest BCUT2D eigenvalue weighted by molar-refractivity contribution is -0.137. The smallest absolute Gasteiger partial charge is 0.241 e. The molecule has 0 bridgehead atoms. The quantitative estimate of drug-likeness (QED) is 0.587. The van der Waals surface area contributed by atoms with Gasteiger partial charge in [0, 0.05) is 37.8 Å². The van der Waals surface area contributed by atoms with Gasteiger partial charge in [0.1, 0.15) is 5.82 Å². The Hall–Kier alpha value is -2.78. The summed E-state index contributed by atoms with van der Waals surface area (Å²) in [7, 11) is 0. The number of halogens is 1. The molecule has 0 N–H and O–H groups in total. The standard InChI is InChI=1S/C23H26FN5O2S/c24-18-3-5-19(6-4-18)28-11-13-29(14-12-28)23(30)17-7-9-27(10-8-17)16-21-25-22(26-31-21)20-2-1-15-32-20/h1-6,15,17H,7-14,16H2. The third kappa shape index (κ3) is 4.68. The van der Waals surface area contributed by atoms with Crippen LogP contribution in [-0.2, 0) is 11.3 Å². The van der Waals surface area contributed by atoms with E-state index < -0.39 is 0 Å². The van der Waals surface area contributed by atoms with E-state index in [2.05, 4.69) is 19.9 Å². The predicted molar refractivity (Wildman–Crippen MR) is 121 cm³/mol. The molecule has 2 fully saturated rings. The van der Waals surface area contributed by atoms with E-state index in [1.807, 2.05) is 22.4 Å². The fourth-order valence-electron chi connectivity index (χ4n) is 4.45. The van der Waals surface area contributed by atoms with Crippen molar-refractivity contribution in [3.05, 3.63) is 53.5 Å². The summed E-state index contributed by atoms with van der Waals surface area (Å²) in [6.07, 6.45) is 1.70. The van der Waals surface area contributed by atoms with Crippen molar-refractivity contribution < 1.29 is 13.7 Å². The number of carbonyl (C=O) groups is 1. The Labute approximate surface area is 190 Å². The highest BCUT2D eigenvalue weighted by molar-refractivity contribution is 7.13. The second kappa shape index (κ2) is 9.38. The average molecular weight is 456 g/mol. The Balaban J connectivity index is 1.08. The van der Waals surface area contributed by atoms with Crippen LogP contribution in [0.25, 0.3) is 10.7 Å². The molecule has 168 valence electrons. The first-order chi connectivity index (χ1) is 15.7. The fourth-order valence-corrected chi connectivity index (χ4v) is 5.10. The summed E-state index contributed by atoms with van der Waals surface area (Å²) >= 11 is 1.59. The largest absolute Gasteiger partial charge is 0.368 e. The van der Waals surface area contributed by atoms with Gasteiger partial charge in [0.15, 0.2) is 0 Å². The molecule has 1 aromatic carbocycles. The van der Waals surface area contributed by atoms with Crippen LogP contribution in [0.1, 0.15) is 18.7 Å². The number of amides is 1. The molecular formula is C23H26FN5O2S. The first kappa shape index (κ1) is 21.1. The predicted octanol–water partition coefficient (Wildman–Crippen LogP) is 3.50. The summed E-state index contributed by atoms with van der Waals surface area (Å²) in [6, 6.07) is 10.5. The van der Waals surface area contributed by atoms with Crippen LogP contribution in [0.2, 0.25) is 0 Å². The molecule has 2 aliphatic rings. The molecule has 3 aromatic rings. The highest BCUT2D eigenvalue weighted by Crippen LogP contribution is 2.25. The average Bonchev–Trinajstić information content (AvgIpc) is 3.52. The molecule has 0 unspecified atom stereocenters. The van der Waals surface area contributed by atoms with Crippen molar-refractivity contribution in [1.82, 2.24) is 19.9 Å². The number of hydrogen-bond donors (Lipinski definition) is 0. The highest BCUT2D eigenvalue weighted by Gasteiger charge is 2.31. The molecular weight excluding hydrogens is 429 g/mol. The Kier molecular flexibility index (Phi) is 6.18. The van der Waals surface area contributed by atoms with Gasteiger partial charge >= 0.3 is 0 Å². The summed E-state index contributed by atoms with van der Waals surface area (Å²) in [5.74, 6) is 1.38. The zero-order chi connectivity index (χ0) is 21.9. The molecule has 32 heavy (non-hydrogen) atoms. The molecule has 0 aliphatic carbocycles. The number of aromatic nitrogens is 2. The summed E-state index contributed by atoms with van der Waals surface area (Å²) in [6.45, 7) is 5.30. The molecule has 2 aromatic heterocycles. The molecule has 9 heteroatoms. The van der Waals surface area contributed by atoms with Gasteiger partial charge in [-0.1, -0.05) is 11.2 Å². The Morgan fingerprint density at radius 2 is 1.81 bits per heavy atom. The number of anilines is 1. The van der Waals surface area contributed by atoms with Crippen LogP contribution in [0.5, 0.6) is 0 Å². The van der Waals surface area contributed by atoms with Crippen LogP contribution in [0.4, 0.5) is 10.1 Å². The molecule has 0 atom stereocenters. The molecule has 2 aliphatic heterocycles. The van der Waals surface area contributed by atoms with Gasteiger partial charge in [-0.2, -0.15) is 4.98 Å². The monoisotopic (exact) mass is 455 g/mol. The molecule has 0 saturated carbocycles. The van der Waals surface area contributed by atoms with Gasteiger partial charge in [-0.25, -0.2) is 4.39 Å². The molecule has 4 heterocycles. The summed E-state index contributed by atoms with van der Waals surface area (Å²) in [4.78, 5) is 25.0. The Morgan fingerprint density at radius 1 is 1.06 bits per heavy atom. The zero-order valence-electron chi connectivity index (χ0n) is 17.8. The summed E-state index contributed by atoms with van der Waals surface area (Å²) in [5, 5.41) is 6.07. The third-order valence-electron chi connectivity index (χ3n) is 6.29. The van der Waals surface area contributed by atoms with Crippen LogP contribution in [0.3, 0.4) is 0 Å². The van der Waals surface area contributed by atoms with E-state index in [-0.39, 0.29) is 17.6 Å². The van der Waals surface area contributed by atoms with Crippen molar-refractivity contribution in [3.8, 4) is 10.7 Å². The van der Waals surface area contributed by atoms with Crippen molar-refractivity contribution in [2.24, 2.45) is 5.92 Å². The van der Waals surface area contributed by atoms with Gasteiger partial charge in [-0.05, 0) is 61.6 Å². The number of hydrogen-bond acceptors (Lipinski definition) is 7. The van der Waals surface area contributed by atoms with Crippen molar-refractivity contribution >= 4 is 22.9 Å². The second-order valence-corrected chi connectivity index (χ2v) is 9.28. The van der Waals surface area contributed by atoms with Crippen LogP contribution < -0.4 is 4.90 Å². The maximum Gasteiger partial charge on any atom is 0.241 e. The number of benzene rings is 1. The normalized spacial score (nSPS) is 18.3. The molecule has 1 amide bonds. The number of likely N-dealkylation sites (tertiary alicyclic amines) is 1. The van der Waals surface area contributed by atoms with E-state index in [1.165, 1.54) is 12.1 Å². The van der Waals surface area contributed by atoms with Crippen LogP contribution in [0, 0.1) is 11.7 Å². The number of piperidine rings is 1. The van der Waals surface area contributed by atoms with Crippen molar-refractivity contribution in [1.29, 1.82) is 0 Å². The number of piperazine rings is 1. The van der Waals surface area contributed by atoms with Crippen molar-refractivity contribution in [2.45, 2.75) is 19.4 Å². The lowest BCUT2D eigenvalue weighted by Crippen LogP contribution is -2.51. The third-order valence-corrected chi connectivity index (χ3v) is 7.15. The minimum absolute atomic E-state index is 0.0768. The SMILES string of the molecule is O=C(C1CCN(Cc2nc(-c3cccs3)no2)CC1)N1CCN(c2ccc(F)cc2)CC1. The van der Waals surface area contributed by atoms with Crippen molar-refractivity contribution in [2.75, 3.05) is 44.2 Å². The summed E-state index contributed by atoms with van der Waals surface area (Å²) < 4.78 is 18.6. The highest BCUT2D eigenvalue weighted by atomic mass is 32.1. The van der Waals surface area contributed by atoms with Gasteiger partial charge in [-0.15, -0.1) is 11.3 Å². The molecule has 0 radical (unpaired) electrons. The molecule has 2 saturated heterocycles. The fraction of sp³-hybridized carbons (Fsp3) is 0.435. The number of nitrogens with zero attached hydrogens (tertiary/aromatic N) is 5. The van der Waals surface area contributed by atoms with E-state index in [0.29, 0.717) is 31.3 Å². The van der Waals surface area contributed by atoms with Gasteiger partial charge < -0.3 is 14.3 Å². The Bertz CT molecular complexity index is 1020. The van der Waals surface area contributed by atoms with Crippen molar-refractivity contribution in [3.63, 3.8) is 0 Å². The van der Waals surface area contributed by atoms with E-state index in [4.69, 9.17) is 4.52 Å². The minimum Gasteiger partial charge on any atom is -0.368 e. The lowest BCUT2D eigenvalue weighted by Gasteiger charge is -2.39. The molecule has 0 spiro atoms. The van der Waals surface area contributed by atoms with Crippen LogP contribution in [-0.4, -0.2) is 65.1 Å². The van der Waals surface area contributed by atoms with Crippen LogP contribution in [0.15, 0.2) is 46.3 Å². The second-order valence-electron chi connectivity index (χ2n) is 8.33. The first-order valence-corrected chi connectivity index (χ1v) is 11.9. The number of rotatable bonds is 5. The Morgan fingerprint density at radius 3 is 2.50 bits per heavy atom. The van der Waals surface area contributed by atoms with E-state index in [9.17, 15) is 9.18 Å². The van der Waals surface area contributed by atoms with E-state index in [1.54, 1.807) is 23.5 Å². The van der Waals surface area contributed by atoms with Gasteiger partial charge in [-0.3, -0.25) is 9.69 Å². The lowest BCUT2D eigenvalue weighted by atomic mass is 9.95. The van der Waals surface area contributed by atoms with E-state index >= 15 is 0 Å². The number of carbonyl (C=O) groups excluding carboxylic acids is 1. The van der Waals surface area contributed by atoms with Gasteiger partial charge in [0.25, 0.3) is 0 Å². The zero-order valence-corrected chi connectivity index (χ0v) is 18.6. The topological polar surface area (TPSA) is 65.7 Å². The minimum atomic E-state index is -0.226. The maximum atomic E-state index is 13.2.